The van der Waals surface area contributed by atoms with Crippen LogP contribution in [0, 0.1) is 0 Å². The number of hydrogen-bond acceptors (Lipinski definition) is 6. The van der Waals surface area contributed by atoms with Crippen molar-refractivity contribution >= 4 is 17.9 Å². The molecular weight excluding hydrogens is 973 g/mol. The Morgan fingerprint density at radius 3 is 0.506 bits per heavy atom. The number of unbranched alkanes of at least 4 members (excludes halogenated alkanes) is 58. The molecule has 470 valence electrons. The number of carbonyl (C=O) groups is 3. The number of hydrogen-bond donors (Lipinski definition) is 0. The molecule has 0 radical (unpaired) electrons. The van der Waals surface area contributed by atoms with E-state index in [1.807, 2.05) is 0 Å². The Labute approximate surface area is 495 Å². The van der Waals surface area contributed by atoms with Crippen molar-refractivity contribution in [3.05, 3.63) is 0 Å². The highest BCUT2D eigenvalue weighted by atomic mass is 16.6. The molecule has 0 aliphatic heterocycles. The highest BCUT2D eigenvalue weighted by molar-refractivity contribution is 5.71. The summed E-state index contributed by atoms with van der Waals surface area (Å²) in [5.74, 6) is -0.824. The Bertz CT molecular complexity index is 1190. The summed E-state index contributed by atoms with van der Waals surface area (Å²) < 4.78 is 17.0. The summed E-state index contributed by atoms with van der Waals surface area (Å²) in [6, 6.07) is 0. The van der Waals surface area contributed by atoms with Gasteiger partial charge in [-0.25, -0.2) is 0 Å². The largest absolute Gasteiger partial charge is 0.462 e. The van der Waals surface area contributed by atoms with Crippen molar-refractivity contribution in [3.63, 3.8) is 0 Å². The normalized spacial score (nSPS) is 11.9. The first-order chi connectivity index (χ1) is 39.0. The third-order valence-corrected chi connectivity index (χ3v) is 17.1. The summed E-state index contributed by atoms with van der Waals surface area (Å²) in [6.07, 6.45) is 81.6. The van der Waals surface area contributed by atoms with Crippen LogP contribution in [0.4, 0.5) is 0 Å². The Morgan fingerprint density at radius 1 is 0.203 bits per heavy atom. The van der Waals surface area contributed by atoms with Gasteiger partial charge in [0.25, 0.3) is 0 Å². The van der Waals surface area contributed by atoms with Crippen molar-refractivity contribution in [1.82, 2.24) is 0 Å². The zero-order valence-corrected chi connectivity index (χ0v) is 54.2. The predicted octanol–water partition coefficient (Wildman–Crippen LogP) is 25.0. The van der Waals surface area contributed by atoms with Gasteiger partial charge in [-0.1, -0.05) is 393 Å². The maximum absolute atomic E-state index is 12.9. The van der Waals surface area contributed by atoms with Gasteiger partial charge in [-0.15, -0.1) is 0 Å². The molecule has 6 heteroatoms. The lowest BCUT2D eigenvalue weighted by Gasteiger charge is -2.18. The van der Waals surface area contributed by atoms with Crippen LogP contribution in [0.15, 0.2) is 0 Å². The molecule has 6 nitrogen and oxygen atoms in total. The molecule has 0 N–H and O–H groups in total. The summed E-state index contributed by atoms with van der Waals surface area (Å²) in [5, 5.41) is 0. The van der Waals surface area contributed by atoms with Crippen LogP contribution < -0.4 is 0 Å². The molecule has 0 saturated carbocycles. The summed E-state index contributed by atoms with van der Waals surface area (Å²) >= 11 is 0. The lowest BCUT2D eigenvalue weighted by Crippen LogP contribution is -2.30. The first-order valence-corrected chi connectivity index (χ1v) is 36.5. The lowest BCUT2D eigenvalue weighted by molar-refractivity contribution is -0.167. The van der Waals surface area contributed by atoms with Gasteiger partial charge >= 0.3 is 17.9 Å². The van der Waals surface area contributed by atoms with Crippen molar-refractivity contribution in [2.75, 3.05) is 13.2 Å². The van der Waals surface area contributed by atoms with Gasteiger partial charge in [0.15, 0.2) is 6.10 Å². The molecule has 0 fully saturated rings. The maximum atomic E-state index is 12.9. The topological polar surface area (TPSA) is 78.9 Å². The molecule has 1 atom stereocenters. The molecule has 0 heterocycles. The fourth-order valence-corrected chi connectivity index (χ4v) is 11.6. The van der Waals surface area contributed by atoms with Gasteiger partial charge in [-0.05, 0) is 19.3 Å². The van der Waals surface area contributed by atoms with Gasteiger partial charge in [0.05, 0.1) is 0 Å². The molecule has 0 aliphatic rings. The third kappa shape index (κ3) is 67.1. The molecule has 0 aromatic heterocycles. The van der Waals surface area contributed by atoms with E-state index in [4.69, 9.17) is 14.2 Å². The van der Waals surface area contributed by atoms with E-state index in [0.29, 0.717) is 19.3 Å². The number of carbonyl (C=O) groups excluding carboxylic acids is 3. The Balaban J connectivity index is 4.04. The van der Waals surface area contributed by atoms with E-state index in [9.17, 15) is 14.4 Å². The van der Waals surface area contributed by atoms with E-state index >= 15 is 0 Å². The van der Waals surface area contributed by atoms with E-state index in [-0.39, 0.29) is 31.1 Å². The smallest absolute Gasteiger partial charge is 0.306 e. The van der Waals surface area contributed by atoms with Crippen LogP contribution in [0.25, 0.3) is 0 Å². The van der Waals surface area contributed by atoms with Crippen LogP contribution in [0.1, 0.15) is 432 Å². The van der Waals surface area contributed by atoms with Gasteiger partial charge in [0.1, 0.15) is 13.2 Å². The minimum atomic E-state index is -0.762. The van der Waals surface area contributed by atoms with Crippen molar-refractivity contribution in [2.45, 2.75) is 438 Å². The number of rotatable bonds is 69. The van der Waals surface area contributed by atoms with Gasteiger partial charge in [0.2, 0.25) is 0 Å². The first kappa shape index (κ1) is 77.4. The van der Waals surface area contributed by atoms with Gasteiger partial charge in [-0.2, -0.15) is 0 Å². The van der Waals surface area contributed by atoms with E-state index < -0.39 is 6.10 Å². The van der Waals surface area contributed by atoms with E-state index in [2.05, 4.69) is 20.8 Å². The fraction of sp³-hybridized carbons (Fsp3) is 0.959. The number of ether oxygens (including phenoxy) is 3. The van der Waals surface area contributed by atoms with E-state index in [1.54, 1.807) is 0 Å². The van der Waals surface area contributed by atoms with Crippen molar-refractivity contribution in [2.24, 2.45) is 0 Å². The van der Waals surface area contributed by atoms with E-state index in [0.717, 1.165) is 57.8 Å². The SMILES string of the molecule is CCCCCCCCCCCCCCCCCCCCCCCCCCCCCCCCCC(=O)OCC(COC(=O)CCCCCCCCCCCC)OC(=O)CCCCCCCCCCCCCCCCCCCCCC. The minimum Gasteiger partial charge on any atom is -0.462 e. The second-order valence-electron chi connectivity index (χ2n) is 25.2. The summed E-state index contributed by atoms with van der Waals surface area (Å²) in [5.41, 5.74) is 0. The zero-order chi connectivity index (χ0) is 57.1. The van der Waals surface area contributed by atoms with Crippen molar-refractivity contribution < 1.29 is 28.6 Å². The van der Waals surface area contributed by atoms with Gasteiger partial charge in [0, 0.05) is 19.3 Å². The first-order valence-electron chi connectivity index (χ1n) is 36.5. The summed E-state index contributed by atoms with van der Waals surface area (Å²) in [6.45, 7) is 6.73. The van der Waals surface area contributed by atoms with Crippen LogP contribution >= 0.6 is 0 Å². The standard InChI is InChI=1S/C73H142O6/c1-4-7-10-13-16-19-22-24-26-28-30-32-33-34-35-36-37-38-39-40-41-42-44-45-47-49-51-54-57-60-63-66-72(75)78-69-70(68-77-71(74)65-62-59-56-53-21-18-15-12-9-6-3)79-73(76)67-64-61-58-55-52-50-48-46-43-31-29-27-25-23-20-17-14-11-8-5-2/h70H,4-69H2,1-3H3. The second kappa shape index (κ2) is 68.9. The van der Waals surface area contributed by atoms with Crippen molar-refractivity contribution in [3.8, 4) is 0 Å². The van der Waals surface area contributed by atoms with Gasteiger partial charge < -0.3 is 14.2 Å². The molecule has 0 saturated heterocycles. The van der Waals surface area contributed by atoms with Crippen LogP contribution in [-0.2, 0) is 28.6 Å². The third-order valence-electron chi connectivity index (χ3n) is 17.1. The van der Waals surface area contributed by atoms with Crippen LogP contribution in [0.2, 0.25) is 0 Å². The molecule has 1 unspecified atom stereocenters. The highest BCUT2D eigenvalue weighted by Gasteiger charge is 2.20. The quantitative estimate of drug-likeness (QED) is 0.0343. The summed E-state index contributed by atoms with van der Waals surface area (Å²) in [4.78, 5) is 38.3. The minimum absolute atomic E-state index is 0.0605. The molecule has 0 amide bonds. The second-order valence-corrected chi connectivity index (χ2v) is 25.2. The molecule has 0 rings (SSSR count). The average Bonchev–Trinajstić information content (AvgIpc) is 3.45. The molecule has 0 aliphatic carbocycles. The molecule has 79 heavy (non-hydrogen) atoms. The van der Waals surface area contributed by atoms with Gasteiger partial charge in [-0.3, -0.25) is 14.4 Å². The fourth-order valence-electron chi connectivity index (χ4n) is 11.6. The van der Waals surface area contributed by atoms with Crippen molar-refractivity contribution in [1.29, 1.82) is 0 Å². The average molecular weight is 1120 g/mol. The maximum Gasteiger partial charge on any atom is 0.306 e. The van der Waals surface area contributed by atoms with Crippen LogP contribution in [0.5, 0.6) is 0 Å². The molecule has 0 aromatic carbocycles. The monoisotopic (exact) mass is 1120 g/mol. The van der Waals surface area contributed by atoms with Crippen LogP contribution in [0.3, 0.4) is 0 Å². The summed E-state index contributed by atoms with van der Waals surface area (Å²) in [7, 11) is 0. The molecule has 0 aromatic rings. The van der Waals surface area contributed by atoms with E-state index in [1.165, 1.54) is 334 Å². The zero-order valence-electron chi connectivity index (χ0n) is 54.2. The predicted molar refractivity (Wildman–Crippen MR) is 344 cm³/mol. The Kier molecular flexibility index (Phi) is 67.5. The Morgan fingerprint density at radius 2 is 0.342 bits per heavy atom. The number of esters is 3. The Hall–Kier alpha value is -1.59. The molecular formula is C73H142O6. The van der Waals surface area contributed by atoms with Crippen LogP contribution in [-0.4, -0.2) is 37.2 Å². The lowest BCUT2D eigenvalue weighted by atomic mass is 10.0. The molecule has 0 bridgehead atoms. The molecule has 0 spiro atoms. The highest BCUT2D eigenvalue weighted by Crippen LogP contribution is 2.20.